The van der Waals surface area contributed by atoms with Crippen molar-refractivity contribution in [2.24, 2.45) is 0 Å². The van der Waals surface area contributed by atoms with Gasteiger partial charge in [-0.1, -0.05) is 19.1 Å². The number of Topliss-reactive ketones (excluding diaryl/α,β-unsaturated/α-hetero) is 1. The number of nitrogens with zero attached hydrogens (tertiary/aromatic N) is 2. The Morgan fingerprint density at radius 3 is 2.42 bits per heavy atom. The molecule has 1 saturated heterocycles. The maximum atomic E-state index is 13.5. The van der Waals surface area contributed by atoms with Crippen LogP contribution in [0.15, 0.2) is 72.3 Å². The van der Waals surface area contributed by atoms with Crippen molar-refractivity contribution in [2.75, 3.05) is 43.7 Å². The molecule has 8 heteroatoms. The van der Waals surface area contributed by atoms with Gasteiger partial charge in [-0.3, -0.25) is 14.5 Å². The van der Waals surface area contributed by atoms with Crippen LogP contribution in [-0.4, -0.2) is 50.7 Å². The molecule has 1 N–H and O–H groups in total. The van der Waals surface area contributed by atoms with Crippen LogP contribution in [0.2, 0.25) is 0 Å². The SMILES string of the molecule is CCCOc1ccc(C2/C(=C(/O)c3ccc4c(c3)N(C)CCO4)C(=O)C(=O)N2c2ccc(OC)cc2)cc1. The first-order chi connectivity index (χ1) is 18.4. The van der Waals surface area contributed by atoms with Gasteiger partial charge in [0.05, 0.1) is 37.6 Å². The monoisotopic (exact) mass is 514 g/mol. The number of benzene rings is 3. The van der Waals surface area contributed by atoms with Crippen molar-refractivity contribution in [3.63, 3.8) is 0 Å². The van der Waals surface area contributed by atoms with Gasteiger partial charge in [0.15, 0.2) is 0 Å². The lowest BCUT2D eigenvalue weighted by Gasteiger charge is -2.28. The van der Waals surface area contributed by atoms with Gasteiger partial charge < -0.3 is 24.2 Å². The molecular weight excluding hydrogens is 484 g/mol. The van der Waals surface area contributed by atoms with E-state index in [4.69, 9.17) is 14.2 Å². The van der Waals surface area contributed by atoms with Crippen LogP contribution in [0.3, 0.4) is 0 Å². The van der Waals surface area contributed by atoms with E-state index in [1.807, 2.05) is 43.1 Å². The first-order valence-corrected chi connectivity index (χ1v) is 12.6. The van der Waals surface area contributed by atoms with E-state index in [1.165, 1.54) is 4.90 Å². The fraction of sp³-hybridized carbons (Fsp3) is 0.267. The number of aliphatic hydroxyl groups excluding tert-OH is 1. The van der Waals surface area contributed by atoms with Crippen LogP contribution >= 0.6 is 0 Å². The van der Waals surface area contributed by atoms with Gasteiger partial charge in [0.25, 0.3) is 11.7 Å². The molecule has 3 aromatic rings. The number of carbonyl (C=O) groups excluding carboxylic acids is 2. The fourth-order valence-corrected chi connectivity index (χ4v) is 4.78. The number of hydrogen-bond donors (Lipinski definition) is 1. The summed E-state index contributed by atoms with van der Waals surface area (Å²) >= 11 is 0. The molecule has 1 fully saturated rings. The first kappa shape index (κ1) is 25.2. The van der Waals surface area contributed by atoms with Crippen LogP contribution in [0.1, 0.15) is 30.5 Å². The van der Waals surface area contributed by atoms with E-state index in [-0.39, 0.29) is 11.3 Å². The Kier molecular flexibility index (Phi) is 6.96. The predicted octanol–water partition coefficient (Wildman–Crippen LogP) is 4.94. The van der Waals surface area contributed by atoms with Crippen molar-refractivity contribution in [1.29, 1.82) is 0 Å². The lowest BCUT2D eigenvalue weighted by Crippen LogP contribution is -2.29. The maximum Gasteiger partial charge on any atom is 0.300 e. The average molecular weight is 515 g/mol. The number of ether oxygens (including phenoxy) is 3. The Balaban J connectivity index is 1.64. The molecule has 2 aliphatic rings. The minimum atomic E-state index is -0.839. The van der Waals surface area contributed by atoms with Crippen LogP contribution < -0.4 is 24.0 Å². The number of rotatable bonds is 7. The molecule has 196 valence electrons. The molecule has 0 aliphatic carbocycles. The predicted molar refractivity (Wildman–Crippen MR) is 145 cm³/mol. The van der Waals surface area contributed by atoms with Crippen molar-refractivity contribution < 1.29 is 28.9 Å². The highest BCUT2D eigenvalue weighted by Crippen LogP contribution is 2.43. The molecular formula is C30H30N2O6. The summed E-state index contributed by atoms with van der Waals surface area (Å²) in [4.78, 5) is 30.4. The van der Waals surface area contributed by atoms with E-state index in [2.05, 4.69) is 0 Å². The molecule has 0 aromatic heterocycles. The van der Waals surface area contributed by atoms with Crippen LogP contribution in [0.25, 0.3) is 5.76 Å². The lowest BCUT2D eigenvalue weighted by atomic mass is 9.94. The van der Waals surface area contributed by atoms with Gasteiger partial charge in [-0.2, -0.15) is 0 Å². The zero-order valence-electron chi connectivity index (χ0n) is 21.6. The van der Waals surface area contributed by atoms with Crippen molar-refractivity contribution in [1.82, 2.24) is 0 Å². The highest BCUT2D eigenvalue weighted by molar-refractivity contribution is 6.51. The normalized spacial score (nSPS) is 18.2. The molecule has 1 atom stereocenters. The van der Waals surface area contributed by atoms with Gasteiger partial charge in [0.2, 0.25) is 0 Å². The quantitative estimate of drug-likeness (QED) is 0.271. The molecule has 0 bridgehead atoms. The van der Waals surface area contributed by atoms with Crippen LogP contribution in [0, 0.1) is 0 Å². The van der Waals surface area contributed by atoms with E-state index in [9.17, 15) is 14.7 Å². The van der Waals surface area contributed by atoms with E-state index in [1.54, 1.807) is 49.6 Å². The number of anilines is 2. The average Bonchev–Trinajstić information content (AvgIpc) is 3.21. The third-order valence-electron chi connectivity index (χ3n) is 6.79. The number of fused-ring (bicyclic) bond motifs is 1. The molecule has 0 spiro atoms. The first-order valence-electron chi connectivity index (χ1n) is 12.6. The number of hydrogen-bond acceptors (Lipinski definition) is 7. The van der Waals surface area contributed by atoms with Crippen LogP contribution in [0.4, 0.5) is 11.4 Å². The van der Waals surface area contributed by atoms with Gasteiger partial charge in [-0.05, 0) is 66.6 Å². The van der Waals surface area contributed by atoms with Gasteiger partial charge in [-0.25, -0.2) is 0 Å². The number of methoxy groups -OCH3 is 1. The van der Waals surface area contributed by atoms with Crippen molar-refractivity contribution >= 4 is 28.8 Å². The molecule has 2 heterocycles. The minimum absolute atomic E-state index is 0.0207. The van der Waals surface area contributed by atoms with E-state index >= 15 is 0 Å². The standard InChI is InChI=1S/C30H30N2O6/c1-4-16-37-23-10-5-19(6-11-23)27-26(28(33)20-7-14-25-24(18-20)31(2)15-17-38-25)29(34)30(35)32(27)21-8-12-22(36-3)13-9-21/h5-14,18,27,33H,4,15-17H2,1-3H3/b28-26-. The van der Waals surface area contributed by atoms with Crippen molar-refractivity contribution in [3.05, 3.63) is 83.4 Å². The number of likely N-dealkylation sites (N-methyl/N-ethyl adjacent to an activating group) is 1. The van der Waals surface area contributed by atoms with Crippen molar-refractivity contribution in [3.8, 4) is 17.2 Å². The molecule has 2 aliphatic heterocycles. The Bertz CT molecular complexity index is 1380. The third-order valence-corrected chi connectivity index (χ3v) is 6.79. The molecule has 8 nitrogen and oxygen atoms in total. The molecule has 0 saturated carbocycles. The summed E-state index contributed by atoms with van der Waals surface area (Å²) in [6.07, 6.45) is 0.875. The molecule has 3 aromatic carbocycles. The van der Waals surface area contributed by atoms with Crippen LogP contribution in [0.5, 0.6) is 17.2 Å². The summed E-state index contributed by atoms with van der Waals surface area (Å²) in [5.74, 6) is 0.309. The summed E-state index contributed by atoms with van der Waals surface area (Å²) in [5, 5.41) is 11.5. The fourth-order valence-electron chi connectivity index (χ4n) is 4.78. The second-order valence-corrected chi connectivity index (χ2v) is 9.24. The zero-order valence-corrected chi connectivity index (χ0v) is 21.6. The zero-order chi connectivity index (χ0) is 26.8. The highest BCUT2D eigenvalue weighted by Gasteiger charge is 2.47. The van der Waals surface area contributed by atoms with Gasteiger partial charge >= 0.3 is 0 Å². The smallest absolute Gasteiger partial charge is 0.300 e. The molecule has 1 amide bonds. The van der Waals surface area contributed by atoms with E-state index in [0.717, 1.165) is 12.1 Å². The van der Waals surface area contributed by atoms with E-state index in [0.29, 0.717) is 53.8 Å². The molecule has 0 radical (unpaired) electrons. The minimum Gasteiger partial charge on any atom is -0.507 e. The van der Waals surface area contributed by atoms with Gasteiger partial charge in [0, 0.05) is 18.3 Å². The summed E-state index contributed by atoms with van der Waals surface area (Å²) in [5.41, 5.74) is 2.44. The molecule has 5 rings (SSSR count). The summed E-state index contributed by atoms with van der Waals surface area (Å²) in [7, 11) is 3.50. The van der Waals surface area contributed by atoms with E-state index < -0.39 is 17.7 Å². The number of carbonyl (C=O) groups is 2. The second-order valence-electron chi connectivity index (χ2n) is 9.24. The summed E-state index contributed by atoms with van der Waals surface area (Å²) in [6.45, 7) is 3.88. The third kappa shape index (κ3) is 4.53. The van der Waals surface area contributed by atoms with Crippen molar-refractivity contribution in [2.45, 2.75) is 19.4 Å². The number of ketones is 1. The Morgan fingerprint density at radius 1 is 1.03 bits per heavy atom. The summed E-state index contributed by atoms with van der Waals surface area (Å²) < 4.78 is 16.7. The summed E-state index contributed by atoms with van der Waals surface area (Å²) in [6, 6.07) is 18.6. The molecule has 38 heavy (non-hydrogen) atoms. The highest BCUT2D eigenvalue weighted by atomic mass is 16.5. The van der Waals surface area contributed by atoms with Gasteiger partial charge in [0.1, 0.15) is 29.6 Å². The van der Waals surface area contributed by atoms with Gasteiger partial charge in [-0.15, -0.1) is 0 Å². The Hall–Kier alpha value is -4.46. The Labute approximate surface area is 221 Å². The molecule has 1 unspecified atom stereocenters. The number of aliphatic hydroxyl groups is 1. The largest absolute Gasteiger partial charge is 0.507 e. The number of amides is 1. The topological polar surface area (TPSA) is 88.5 Å². The lowest BCUT2D eigenvalue weighted by molar-refractivity contribution is -0.132. The Morgan fingerprint density at radius 2 is 1.74 bits per heavy atom. The second kappa shape index (κ2) is 10.5. The maximum absolute atomic E-state index is 13.5. The van der Waals surface area contributed by atoms with Crippen LogP contribution in [-0.2, 0) is 9.59 Å².